The number of aromatic nitrogens is 3. The Morgan fingerprint density at radius 2 is 2.14 bits per heavy atom. The van der Waals surface area contributed by atoms with E-state index >= 15 is 0 Å². The van der Waals surface area contributed by atoms with Crippen LogP contribution in [0.4, 0.5) is 13.2 Å². The molecule has 10 heteroatoms. The Morgan fingerprint density at radius 3 is 2.57 bits per heavy atom. The van der Waals surface area contributed by atoms with Crippen LogP contribution in [0.5, 0.6) is 0 Å². The zero-order valence-electron chi connectivity index (χ0n) is 10.8. The van der Waals surface area contributed by atoms with Gasteiger partial charge in [-0.2, -0.15) is 18.2 Å². The van der Waals surface area contributed by atoms with Crippen molar-refractivity contribution in [2.75, 3.05) is 6.61 Å². The van der Waals surface area contributed by atoms with Crippen molar-refractivity contribution in [3.8, 4) is 0 Å². The highest BCUT2D eigenvalue weighted by Gasteiger charge is 2.28. The van der Waals surface area contributed by atoms with Gasteiger partial charge in [0.05, 0.1) is 0 Å². The number of halogens is 3. The maximum absolute atomic E-state index is 11.6. The van der Waals surface area contributed by atoms with Crippen molar-refractivity contribution in [2.24, 2.45) is 0 Å². The summed E-state index contributed by atoms with van der Waals surface area (Å²) in [6, 6.07) is 4.46. The third-order valence-corrected chi connectivity index (χ3v) is 1.77. The predicted octanol–water partition coefficient (Wildman–Crippen LogP) is 1.68. The molecule has 0 aliphatic carbocycles. The molecule has 2 rings (SSSR count). The maximum Gasteiger partial charge on any atom is 0.414 e. The van der Waals surface area contributed by atoms with Gasteiger partial charge in [0.1, 0.15) is 5.69 Å². The molecule has 0 spiro atoms. The van der Waals surface area contributed by atoms with E-state index in [1.54, 1.807) is 18.5 Å². The maximum atomic E-state index is 11.6. The quantitative estimate of drug-likeness (QED) is 0.868. The van der Waals surface area contributed by atoms with Gasteiger partial charge >= 0.3 is 6.18 Å². The molecule has 2 heterocycles. The average Bonchev–Trinajstić information content (AvgIpc) is 2.90. The number of pyridine rings is 1. The van der Waals surface area contributed by atoms with E-state index in [2.05, 4.69) is 24.5 Å². The van der Waals surface area contributed by atoms with E-state index in [0.717, 1.165) is 0 Å². The van der Waals surface area contributed by atoms with Crippen LogP contribution in [0, 0.1) is 6.92 Å². The van der Waals surface area contributed by atoms with Crippen molar-refractivity contribution in [1.29, 1.82) is 0 Å². The molecule has 0 unspecified atom stereocenters. The second kappa shape index (κ2) is 7.94. The van der Waals surface area contributed by atoms with E-state index in [1.807, 2.05) is 0 Å². The van der Waals surface area contributed by atoms with Gasteiger partial charge in [-0.1, -0.05) is 11.2 Å². The monoisotopic (exact) mass is 304 g/mol. The summed E-state index contributed by atoms with van der Waals surface area (Å²) in [6.07, 6.45) is -1.76. The highest BCUT2D eigenvalue weighted by atomic mass is 19.4. The largest absolute Gasteiger partial charge is 0.414 e. The van der Waals surface area contributed by atoms with Gasteiger partial charge in [-0.3, -0.25) is 14.6 Å². The van der Waals surface area contributed by atoms with Crippen LogP contribution in [0.3, 0.4) is 0 Å². The summed E-state index contributed by atoms with van der Waals surface area (Å²) >= 11 is 0. The lowest BCUT2D eigenvalue weighted by molar-refractivity contribution is -0.184. The van der Waals surface area contributed by atoms with Gasteiger partial charge in [-0.05, 0) is 12.1 Å². The second-order valence-electron chi connectivity index (χ2n) is 3.51. The fourth-order valence-corrected chi connectivity index (χ4v) is 0.961. The Balaban J connectivity index is 0.000000304. The first kappa shape index (κ1) is 16.6. The zero-order valence-corrected chi connectivity index (χ0v) is 10.8. The van der Waals surface area contributed by atoms with E-state index in [0.29, 0.717) is 5.89 Å². The zero-order chi connectivity index (χ0) is 15.7. The molecule has 0 aliphatic rings. The molecule has 0 fully saturated rings. The molecule has 0 saturated carbocycles. The molecule has 1 N–H and O–H groups in total. The van der Waals surface area contributed by atoms with E-state index in [1.165, 1.54) is 24.7 Å². The lowest BCUT2D eigenvalue weighted by atomic mass is 10.3. The first-order valence-corrected chi connectivity index (χ1v) is 5.51. The van der Waals surface area contributed by atoms with Gasteiger partial charge in [0.25, 0.3) is 5.91 Å². The topological polar surface area (TPSA) is 90.1 Å². The Bertz CT molecular complexity index is 531. The molecule has 0 aromatic carbocycles. The number of hydrogen-bond acceptors (Lipinski definition) is 6. The first-order valence-electron chi connectivity index (χ1n) is 5.51. The number of nitrogens with zero attached hydrogens (tertiary/aromatic N) is 3. The fourth-order valence-electron chi connectivity index (χ4n) is 0.961. The van der Waals surface area contributed by atoms with Gasteiger partial charge < -0.3 is 4.52 Å². The van der Waals surface area contributed by atoms with Gasteiger partial charge in [0.2, 0.25) is 5.89 Å². The molecule has 1 amide bonds. The highest BCUT2D eigenvalue weighted by Crippen LogP contribution is 2.13. The Morgan fingerprint density at radius 1 is 1.38 bits per heavy atom. The average molecular weight is 304 g/mol. The van der Waals surface area contributed by atoms with Gasteiger partial charge in [0.15, 0.2) is 12.9 Å². The minimum absolute atomic E-state index is 0.0142. The third kappa shape index (κ3) is 7.62. The van der Waals surface area contributed by atoms with Crippen LogP contribution in [0.2, 0.25) is 0 Å². The van der Waals surface area contributed by atoms with Crippen LogP contribution in [0.25, 0.3) is 0 Å². The van der Waals surface area contributed by atoms with Crippen molar-refractivity contribution < 1.29 is 27.3 Å². The fraction of sp³-hybridized carbons (Fsp3) is 0.273. The van der Waals surface area contributed by atoms with E-state index in [9.17, 15) is 18.0 Å². The summed E-state index contributed by atoms with van der Waals surface area (Å²) in [5.41, 5.74) is 1.62. The molecule has 0 radical (unpaired) electrons. The van der Waals surface area contributed by atoms with Crippen LogP contribution in [0.1, 0.15) is 16.4 Å². The number of amides is 1. The third-order valence-electron chi connectivity index (χ3n) is 1.77. The number of aryl methyl sites for hydroxylation is 1. The molecule has 0 saturated heterocycles. The standard InChI is InChI=1S/C8H7F3N2O2.C3H4N2O/c9-8(10,11)5-15-13-7(14)6-3-1-2-4-12-6;1-3-4-2-5-6-3/h1-4H,5H2,(H,13,14);2H,1H3. The number of rotatable bonds is 3. The van der Waals surface area contributed by atoms with Gasteiger partial charge in [-0.15, -0.1) is 0 Å². The van der Waals surface area contributed by atoms with Crippen molar-refractivity contribution in [1.82, 2.24) is 20.6 Å². The molecular weight excluding hydrogens is 293 g/mol. The molecule has 2 aromatic rings. The molecule has 21 heavy (non-hydrogen) atoms. The van der Waals surface area contributed by atoms with Crippen LogP contribution < -0.4 is 5.48 Å². The number of nitrogens with one attached hydrogen (secondary N) is 1. The summed E-state index contributed by atoms with van der Waals surface area (Å²) in [7, 11) is 0. The van der Waals surface area contributed by atoms with Crippen molar-refractivity contribution in [3.63, 3.8) is 0 Å². The first-order chi connectivity index (χ1) is 9.88. The molecule has 7 nitrogen and oxygen atoms in total. The summed E-state index contributed by atoms with van der Waals surface area (Å²) in [6.45, 7) is 0.207. The summed E-state index contributed by atoms with van der Waals surface area (Å²) < 4.78 is 39.3. The Kier molecular flexibility index (Phi) is 6.27. The second-order valence-corrected chi connectivity index (χ2v) is 3.51. The van der Waals surface area contributed by atoms with Crippen LogP contribution >= 0.6 is 0 Å². The molecule has 2 aromatic heterocycles. The van der Waals surface area contributed by atoms with Crippen LogP contribution in [0.15, 0.2) is 35.2 Å². The molecule has 0 bridgehead atoms. The number of carbonyl (C=O) groups excluding carboxylic acids is 1. The minimum Gasteiger partial charge on any atom is -0.340 e. The van der Waals surface area contributed by atoms with Crippen LogP contribution in [-0.2, 0) is 4.84 Å². The van der Waals surface area contributed by atoms with Gasteiger partial charge in [0, 0.05) is 13.1 Å². The highest BCUT2D eigenvalue weighted by molar-refractivity contribution is 5.91. The van der Waals surface area contributed by atoms with E-state index in [-0.39, 0.29) is 5.69 Å². The summed E-state index contributed by atoms with van der Waals surface area (Å²) in [4.78, 5) is 22.3. The SMILES string of the molecule is Cc1ncno1.O=C(NOCC(F)(F)F)c1ccccn1. The van der Waals surface area contributed by atoms with Crippen molar-refractivity contribution >= 4 is 5.91 Å². The minimum atomic E-state index is -4.47. The molecule has 0 atom stereocenters. The lowest BCUT2D eigenvalue weighted by Crippen LogP contribution is -2.29. The normalized spacial score (nSPS) is 10.5. The summed E-state index contributed by atoms with van der Waals surface area (Å²) in [5, 5.41) is 3.34. The number of alkyl halides is 3. The van der Waals surface area contributed by atoms with E-state index < -0.39 is 18.7 Å². The summed E-state index contributed by atoms with van der Waals surface area (Å²) in [5.74, 6) is -0.213. The van der Waals surface area contributed by atoms with E-state index in [4.69, 9.17) is 0 Å². The number of hydroxylamine groups is 1. The predicted molar refractivity (Wildman–Crippen MR) is 62.7 cm³/mol. The molecular formula is C11H11F3N4O3. The molecule has 114 valence electrons. The molecule has 0 aliphatic heterocycles. The van der Waals surface area contributed by atoms with Crippen molar-refractivity contribution in [3.05, 3.63) is 42.3 Å². The van der Waals surface area contributed by atoms with Gasteiger partial charge in [-0.25, -0.2) is 5.48 Å². The van der Waals surface area contributed by atoms with Crippen LogP contribution in [-0.4, -0.2) is 33.8 Å². The number of carbonyl (C=O) groups is 1. The Hall–Kier alpha value is -2.49. The lowest BCUT2D eigenvalue weighted by Gasteiger charge is -2.07. The Labute approximate surface area is 117 Å². The smallest absolute Gasteiger partial charge is 0.340 e. The number of hydrogen-bond donors (Lipinski definition) is 1. The van der Waals surface area contributed by atoms with Crippen molar-refractivity contribution in [2.45, 2.75) is 13.1 Å².